The Morgan fingerprint density at radius 3 is 2.62 bits per heavy atom. The molecule has 208 valence electrons. The number of allylic oxidation sites excluding steroid dienone is 9. The Morgan fingerprint density at radius 2 is 1.98 bits per heavy atom. The smallest absolute Gasteiger partial charge is 0.176 e. The van der Waals surface area contributed by atoms with Gasteiger partial charge in [0.15, 0.2) is 5.13 Å². The average Bonchev–Trinajstić information content (AvgIpc) is 3.66. The fourth-order valence-corrected chi connectivity index (χ4v) is 5.91. The van der Waals surface area contributed by atoms with Crippen LogP contribution in [0.25, 0.3) is 29.6 Å². The lowest BCUT2D eigenvalue weighted by molar-refractivity contribution is 0.374. The zero-order valence-corrected chi connectivity index (χ0v) is 24.6. The Hall–Kier alpha value is -3.74. The van der Waals surface area contributed by atoms with Crippen LogP contribution in [0, 0.1) is 18.0 Å². The van der Waals surface area contributed by atoms with Crippen LogP contribution in [-0.4, -0.2) is 28.3 Å². The highest BCUT2D eigenvalue weighted by Crippen LogP contribution is 2.33. The first-order valence-corrected chi connectivity index (χ1v) is 14.6. The van der Waals surface area contributed by atoms with Crippen molar-refractivity contribution in [3.05, 3.63) is 116 Å². The molecule has 3 aromatic rings. The molecule has 0 unspecified atom stereocenters. The summed E-state index contributed by atoms with van der Waals surface area (Å²) >= 11 is 1.12. The molecule has 3 N–H and O–H groups in total. The molecule has 40 heavy (non-hydrogen) atoms. The van der Waals surface area contributed by atoms with Crippen LogP contribution in [0.4, 0.5) is 4.39 Å². The summed E-state index contributed by atoms with van der Waals surface area (Å²) < 4.78 is 13.8. The number of aromatic amines is 2. The number of aryl methyl sites for hydroxylation is 1. The van der Waals surface area contributed by atoms with Gasteiger partial charge in [0.05, 0.1) is 11.0 Å². The summed E-state index contributed by atoms with van der Waals surface area (Å²) in [6.45, 7) is 20.6. The summed E-state index contributed by atoms with van der Waals surface area (Å²) in [6.07, 6.45) is 17.7. The van der Waals surface area contributed by atoms with Gasteiger partial charge in [0.2, 0.25) is 0 Å². The first-order valence-electron chi connectivity index (χ1n) is 13.8. The predicted octanol–water partition coefficient (Wildman–Crippen LogP) is 7.12. The minimum atomic E-state index is -0.215. The lowest BCUT2D eigenvalue weighted by Crippen LogP contribution is -2.27. The Labute approximate surface area is 240 Å². The van der Waals surface area contributed by atoms with E-state index in [1.807, 2.05) is 31.2 Å². The maximum Gasteiger partial charge on any atom is 0.176 e. The van der Waals surface area contributed by atoms with E-state index < -0.39 is 0 Å². The van der Waals surface area contributed by atoms with E-state index >= 15 is 0 Å². The van der Waals surface area contributed by atoms with Crippen LogP contribution in [0.15, 0.2) is 84.5 Å². The number of rotatable bonds is 10. The first kappa shape index (κ1) is 29.2. The van der Waals surface area contributed by atoms with Gasteiger partial charge in [0.1, 0.15) is 5.69 Å². The SMILES string of the molecule is C=C/C=C(/c1ccc(F)s1)c1cc(-c2n[nH]/c(=C/C=C(C)/C(/C=C(\C=C)CC3CCNCC3)=C/C)c2=C)[nH]c1C. The number of aromatic nitrogens is 3. The van der Waals surface area contributed by atoms with Crippen LogP contribution in [-0.2, 0) is 0 Å². The lowest BCUT2D eigenvalue weighted by atomic mass is 9.89. The summed E-state index contributed by atoms with van der Waals surface area (Å²) in [7, 11) is 0. The van der Waals surface area contributed by atoms with Crippen LogP contribution in [0.2, 0.25) is 0 Å². The van der Waals surface area contributed by atoms with Crippen molar-refractivity contribution in [1.29, 1.82) is 0 Å². The molecule has 4 rings (SSSR count). The third kappa shape index (κ3) is 6.87. The van der Waals surface area contributed by atoms with Crippen LogP contribution < -0.4 is 15.9 Å². The van der Waals surface area contributed by atoms with Crippen LogP contribution in [0.3, 0.4) is 0 Å². The fraction of sp³-hybridized carbons (Fsp3) is 0.265. The van der Waals surface area contributed by atoms with Crippen LogP contribution >= 0.6 is 11.3 Å². The summed E-state index contributed by atoms with van der Waals surface area (Å²) in [6, 6.07) is 5.32. The molecule has 1 aliphatic heterocycles. The molecule has 1 fully saturated rings. The van der Waals surface area contributed by atoms with E-state index in [1.165, 1.54) is 30.1 Å². The molecule has 0 atom stereocenters. The molecule has 4 nitrogen and oxygen atoms in total. The maximum absolute atomic E-state index is 13.8. The molecule has 4 heterocycles. The van der Waals surface area contributed by atoms with E-state index in [1.54, 1.807) is 12.1 Å². The number of nitrogens with zero attached hydrogens (tertiary/aromatic N) is 1. The third-order valence-electron chi connectivity index (χ3n) is 7.43. The van der Waals surface area contributed by atoms with Crippen molar-refractivity contribution in [2.45, 2.75) is 40.0 Å². The van der Waals surface area contributed by atoms with Gasteiger partial charge in [-0.25, -0.2) is 0 Å². The van der Waals surface area contributed by atoms with E-state index in [0.29, 0.717) is 5.92 Å². The standard InChI is InChI=1S/C34H39FN4S/c1-7-10-28(32-13-14-33(35)40-32)29-21-31(37-24(29)6)34-23(5)30(38-39-34)12-11-22(4)27(9-3)20-25(8-2)19-26-15-17-36-18-16-26/h7-14,20-21,26,36-38H,1-2,5,15-19H2,3-4,6H3/b22-11+,25-20+,27-9+,28-10+,30-12+. The van der Waals surface area contributed by atoms with Crippen molar-refractivity contribution in [1.82, 2.24) is 20.5 Å². The van der Waals surface area contributed by atoms with Gasteiger partial charge in [-0.05, 0) is 100 Å². The van der Waals surface area contributed by atoms with Gasteiger partial charge in [-0.3, -0.25) is 5.10 Å². The summed E-state index contributed by atoms with van der Waals surface area (Å²) in [5.41, 5.74) is 8.09. The molecule has 6 heteroatoms. The van der Waals surface area contributed by atoms with Gasteiger partial charge < -0.3 is 10.3 Å². The minimum absolute atomic E-state index is 0.215. The second kappa shape index (κ2) is 13.6. The van der Waals surface area contributed by atoms with Crippen molar-refractivity contribution in [3.63, 3.8) is 0 Å². The quantitative estimate of drug-likeness (QED) is 0.234. The van der Waals surface area contributed by atoms with Crippen molar-refractivity contribution < 1.29 is 4.39 Å². The predicted molar refractivity (Wildman–Crippen MR) is 170 cm³/mol. The zero-order valence-electron chi connectivity index (χ0n) is 23.7. The van der Waals surface area contributed by atoms with Gasteiger partial charge >= 0.3 is 0 Å². The first-order chi connectivity index (χ1) is 19.3. The highest BCUT2D eigenvalue weighted by Gasteiger charge is 2.16. The van der Waals surface area contributed by atoms with Crippen molar-refractivity contribution in [2.24, 2.45) is 5.92 Å². The Bertz CT molecular complexity index is 1600. The Morgan fingerprint density at radius 1 is 1.20 bits per heavy atom. The number of hydrogen-bond acceptors (Lipinski definition) is 3. The van der Waals surface area contributed by atoms with Gasteiger partial charge in [-0.2, -0.15) is 9.49 Å². The van der Waals surface area contributed by atoms with Gasteiger partial charge in [-0.15, -0.1) is 11.3 Å². The van der Waals surface area contributed by atoms with E-state index in [-0.39, 0.29) is 5.13 Å². The Balaban J connectivity index is 1.59. The van der Waals surface area contributed by atoms with Crippen LogP contribution in [0.1, 0.15) is 49.2 Å². The van der Waals surface area contributed by atoms with Gasteiger partial charge in [0.25, 0.3) is 0 Å². The van der Waals surface area contributed by atoms with E-state index in [2.05, 4.69) is 72.3 Å². The molecule has 0 spiro atoms. The van der Waals surface area contributed by atoms with Crippen LogP contribution in [0.5, 0.6) is 0 Å². The van der Waals surface area contributed by atoms with Crippen molar-refractivity contribution in [2.75, 3.05) is 13.1 Å². The fourth-order valence-electron chi connectivity index (χ4n) is 5.14. The molecule has 0 aliphatic carbocycles. The lowest BCUT2D eigenvalue weighted by Gasteiger charge is -2.23. The highest BCUT2D eigenvalue weighted by atomic mass is 32.1. The molecular formula is C34H39FN4S. The number of thiophene rings is 1. The molecule has 0 aromatic carbocycles. The molecule has 0 radical (unpaired) electrons. The summed E-state index contributed by atoms with van der Waals surface area (Å²) in [5.74, 6) is 0.712. The van der Waals surface area contributed by atoms with E-state index in [0.717, 1.165) is 80.1 Å². The minimum Gasteiger partial charge on any atom is -0.357 e. The second-order valence-corrected chi connectivity index (χ2v) is 11.2. The van der Waals surface area contributed by atoms with Crippen molar-refractivity contribution >= 4 is 29.6 Å². The van der Waals surface area contributed by atoms with E-state index in [9.17, 15) is 4.39 Å². The molecule has 1 saturated heterocycles. The van der Waals surface area contributed by atoms with Gasteiger partial charge in [0, 0.05) is 26.9 Å². The topological polar surface area (TPSA) is 56.5 Å². The van der Waals surface area contributed by atoms with Gasteiger partial charge in [-0.1, -0.05) is 56.2 Å². The monoisotopic (exact) mass is 554 g/mol. The third-order valence-corrected chi connectivity index (χ3v) is 8.34. The molecule has 0 saturated carbocycles. The van der Waals surface area contributed by atoms with Crippen molar-refractivity contribution in [3.8, 4) is 11.4 Å². The number of halogens is 1. The summed E-state index contributed by atoms with van der Waals surface area (Å²) in [4.78, 5) is 4.29. The normalized spacial score (nSPS) is 16.6. The molecule has 0 amide bonds. The number of H-pyrrole nitrogens is 2. The number of piperidine rings is 1. The molecular weight excluding hydrogens is 515 g/mol. The Kier molecular flexibility index (Phi) is 9.91. The number of hydrogen-bond donors (Lipinski definition) is 3. The average molecular weight is 555 g/mol. The highest BCUT2D eigenvalue weighted by molar-refractivity contribution is 7.11. The zero-order chi connectivity index (χ0) is 28.6. The maximum atomic E-state index is 13.8. The summed E-state index contributed by atoms with van der Waals surface area (Å²) in [5, 5.41) is 12.6. The largest absolute Gasteiger partial charge is 0.357 e. The molecule has 0 bridgehead atoms. The number of nitrogens with one attached hydrogen (secondary N) is 3. The second-order valence-electron chi connectivity index (χ2n) is 10.2. The van der Waals surface area contributed by atoms with E-state index in [4.69, 9.17) is 0 Å². The molecule has 3 aromatic heterocycles. The molecule has 1 aliphatic rings.